The monoisotopic (exact) mass is 240 g/mol. The summed E-state index contributed by atoms with van der Waals surface area (Å²) in [6.07, 6.45) is 3.16. The van der Waals surface area contributed by atoms with Crippen LogP contribution in [0, 0.1) is 0 Å². The second kappa shape index (κ2) is 4.93. The molecular formula is C13H12N4O. The highest BCUT2D eigenvalue weighted by Gasteiger charge is 2.02. The van der Waals surface area contributed by atoms with E-state index in [2.05, 4.69) is 31.0 Å². The highest BCUT2D eigenvalue weighted by atomic mass is 16.5. The fourth-order valence-electron chi connectivity index (χ4n) is 1.89. The maximum absolute atomic E-state index is 4.68. The van der Waals surface area contributed by atoms with Crippen LogP contribution in [0.1, 0.15) is 11.4 Å². The first-order valence-corrected chi connectivity index (χ1v) is 5.72. The van der Waals surface area contributed by atoms with Gasteiger partial charge in [-0.25, -0.2) is 0 Å². The van der Waals surface area contributed by atoms with E-state index in [0.29, 0.717) is 12.4 Å². The molecule has 0 saturated heterocycles. The molecule has 0 bridgehead atoms. The number of benzene rings is 1. The Kier molecular flexibility index (Phi) is 2.97. The number of para-hydroxylation sites is 1. The normalized spacial score (nSPS) is 10.9. The van der Waals surface area contributed by atoms with E-state index in [4.69, 9.17) is 0 Å². The standard InChI is InChI=1S/C13H12N4O/c1-2-4-12-11(3-1)10(5-6-15-12)7-14-8-13-16-9-18-17-13/h1-6,9,14H,7-8H2. The summed E-state index contributed by atoms with van der Waals surface area (Å²) in [7, 11) is 0. The van der Waals surface area contributed by atoms with Crippen LogP contribution < -0.4 is 5.32 Å². The van der Waals surface area contributed by atoms with Gasteiger partial charge >= 0.3 is 0 Å². The lowest BCUT2D eigenvalue weighted by Gasteiger charge is -2.06. The maximum Gasteiger partial charge on any atom is 0.213 e. The van der Waals surface area contributed by atoms with Crippen molar-refractivity contribution in [2.75, 3.05) is 0 Å². The first-order chi connectivity index (χ1) is 8.93. The molecule has 0 atom stereocenters. The number of nitrogens with one attached hydrogen (secondary N) is 1. The molecule has 2 heterocycles. The molecule has 0 radical (unpaired) electrons. The highest BCUT2D eigenvalue weighted by molar-refractivity contribution is 5.81. The summed E-state index contributed by atoms with van der Waals surface area (Å²) in [4.78, 5) is 8.29. The Bertz CT molecular complexity index is 631. The van der Waals surface area contributed by atoms with Gasteiger partial charge in [-0.15, -0.1) is 0 Å². The molecule has 1 aromatic carbocycles. The van der Waals surface area contributed by atoms with Crippen molar-refractivity contribution in [1.29, 1.82) is 0 Å². The Morgan fingerprint density at radius 2 is 2.00 bits per heavy atom. The molecule has 2 aromatic heterocycles. The number of hydrogen-bond acceptors (Lipinski definition) is 5. The minimum absolute atomic E-state index is 0.590. The topological polar surface area (TPSA) is 63.8 Å². The predicted molar refractivity (Wildman–Crippen MR) is 66.6 cm³/mol. The zero-order valence-corrected chi connectivity index (χ0v) is 9.71. The fourth-order valence-corrected chi connectivity index (χ4v) is 1.89. The summed E-state index contributed by atoms with van der Waals surface area (Å²) in [6.45, 7) is 1.34. The van der Waals surface area contributed by atoms with Gasteiger partial charge in [0.15, 0.2) is 5.82 Å². The molecule has 0 aliphatic carbocycles. The minimum Gasteiger partial charge on any atom is -0.343 e. The Morgan fingerprint density at radius 1 is 1.06 bits per heavy atom. The van der Waals surface area contributed by atoms with Crippen molar-refractivity contribution in [2.45, 2.75) is 13.1 Å². The van der Waals surface area contributed by atoms with Gasteiger partial charge in [-0.2, -0.15) is 4.98 Å². The first kappa shape index (κ1) is 10.9. The van der Waals surface area contributed by atoms with Gasteiger partial charge in [0.05, 0.1) is 12.1 Å². The number of rotatable bonds is 4. The molecular weight excluding hydrogens is 228 g/mol. The average Bonchev–Trinajstić information content (AvgIpc) is 2.92. The van der Waals surface area contributed by atoms with Gasteiger partial charge in [0, 0.05) is 18.1 Å². The van der Waals surface area contributed by atoms with E-state index in [1.807, 2.05) is 30.5 Å². The van der Waals surface area contributed by atoms with E-state index in [9.17, 15) is 0 Å². The third-order valence-electron chi connectivity index (χ3n) is 2.74. The van der Waals surface area contributed by atoms with Gasteiger partial charge in [-0.3, -0.25) is 4.98 Å². The molecule has 0 unspecified atom stereocenters. The predicted octanol–water partition coefficient (Wildman–Crippen LogP) is 1.91. The van der Waals surface area contributed by atoms with Crippen LogP contribution in [0.2, 0.25) is 0 Å². The van der Waals surface area contributed by atoms with Crippen LogP contribution >= 0.6 is 0 Å². The van der Waals surface area contributed by atoms with Crippen LogP contribution in [-0.4, -0.2) is 15.1 Å². The molecule has 0 aliphatic rings. The lowest BCUT2D eigenvalue weighted by atomic mass is 10.1. The van der Waals surface area contributed by atoms with Crippen molar-refractivity contribution < 1.29 is 4.52 Å². The van der Waals surface area contributed by atoms with Crippen LogP contribution in [0.5, 0.6) is 0 Å². The first-order valence-electron chi connectivity index (χ1n) is 5.72. The van der Waals surface area contributed by atoms with Gasteiger partial charge in [0.1, 0.15) is 0 Å². The quantitative estimate of drug-likeness (QED) is 0.754. The summed E-state index contributed by atoms with van der Waals surface area (Å²) in [5.74, 6) is 0.661. The smallest absolute Gasteiger partial charge is 0.213 e. The molecule has 3 rings (SSSR count). The molecule has 3 aromatic rings. The summed E-state index contributed by atoms with van der Waals surface area (Å²) in [6, 6.07) is 10.1. The zero-order valence-electron chi connectivity index (χ0n) is 9.71. The van der Waals surface area contributed by atoms with E-state index < -0.39 is 0 Å². The maximum atomic E-state index is 4.68. The Balaban J connectivity index is 1.74. The molecule has 0 fully saturated rings. The zero-order chi connectivity index (χ0) is 12.2. The summed E-state index contributed by atoms with van der Waals surface area (Å²) < 4.78 is 4.68. The van der Waals surface area contributed by atoms with E-state index in [-0.39, 0.29) is 0 Å². The van der Waals surface area contributed by atoms with Crippen molar-refractivity contribution in [2.24, 2.45) is 0 Å². The van der Waals surface area contributed by atoms with Gasteiger partial charge in [0.25, 0.3) is 0 Å². The average molecular weight is 240 g/mol. The van der Waals surface area contributed by atoms with Gasteiger partial charge in [-0.1, -0.05) is 23.4 Å². The molecule has 18 heavy (non-hydrogen) atoms. The van der Waals surface area contributed by atoms with Crippen molar-refractivity contribution in [3.63, 3.8) is 0 Å². The largest absolute Gasteiger partial charge is 0.343 e. The van der Waals surface area contributed by atoms with Crippen LogP contribution in [-0.2, 0) is 13.1 Å². The molecule has 0 amide bonds. The summed E-state index contributed by atoms with van der Waals surface area (Å²) in [5.41, 5.74) is 2.22. The minimum atomic E-state index is 0.590. The van der Waals surface area contributed by atoms with E-state index >= 15 is 0 Å². The van der Waals surface area contributed by atoms with Gasteiger partial charge in [-0.05, 0) is 17.7 Å². The van der Waals surface area contributed by atoms with Gasteiger partial charge in [0.2, 0.25) is 6.39 Å². The van der Waals surface area contributed by atoms with Gasteiger partial charge < -0.3 is 9.84 Å². The summed E-state index contributed by atoms with van der Waals surface area (Å²) >= 11 is 0. The van der Waals surface area contributed by atoms with Crippen molar-refractivity contribution in [3.8, 4) is 0 Å². The summed E-state index contributed by atoms with van der Waals surface area (Å²) in [5, 5.41) is 8.20. The Hall–Kier alpha value is -2.27. The second-order valence-corrected chi connectivity index (χ2v) is 3.94. The SMILES string of the molecule is c1ccc2c(CNCc3ncon3)ccnc2c1. The number of nitrogens with zero attached hydrogens (tertiary/aromatic N) is 3. The van der Waals surface area contributed by atoms with E-state index in [1.165, 1.54) is 17.3 Å². The molecule has 5 heteroatoms. The van der Waals surface area contributed by atoms with Crippen LogP contribution in [0.3, 0.4) is 0 Å². The van der Waals surface area contributed by atoms with Crippen molar-refractivity contribution >= 4 is 10.9 Å². The lowest BCUT2D eigenvalue weighted by molar-refractivity contribution is 0.407. The number of pyridine rings is 1. The molecule has 0 saturated carbocycles. The van der Waals surface area contributed by atoms with Crippen LogP contribution in [0.25, 0.3) is 10.9 Å². The number of fused-ring (bicyclic) bond motifs is 1. The fraction of sp³-hybridized carbons (Fsp3) is 0.154. The third-order valence-corrected chi connectivity index (χ3v) is 2.74. The van der Waals surface area contributed by atoms with E-state index in [1.54, 1.807) is 0 Å². The molecule has 1 N–H and O–H groups in total. The highest BCUT2D eigenvalue weighted by Crippen LogP contribution is 2.15. The van der Waals surface area contributed by atoms with Crippen LogP contribution in [0.15, 0.2) is 47.4 Å². The van der Waals surface area contributed by atoms with E-state index in [0.717, 1.165) is 12.1 Å². The molecule has 0 spiro atoms. The second-order valence-electron chi connectivity index (χ2n) is 3.94. The molecule has 5 nitrogen and oxygen atoms in total. The van der Waals surface area contributed by atoms with Crippen LogP contribution in [0.4, 0.5) is 0 Å². The lowest BCUT2D eigenvalue weighted by Crippen LogP contribution is -2.14. The number of aromatic nitrogens is 3. The Labute approximate surface area is 104 Å². The van der Waals surface area contributed by atoms with Crippen molar-refractivity contribution in [1.82, 2.24) is 20.4 Å². The molecule has 90 valence electrons. The molecule has 0 aliphatic heterocycles. The Morgan fingerprint density at radius 3 is 2.89 bits per heavy atom. The third kappa shape index (κ3) is 2.21. The number of hydrogen-bond donors (Lipinski definition) is 1. The van der Waals surface area contributed by atoms with Crippen molar-refractivity contribution in [3.05, 3.63) is 54.3 Å².